The van der Waals surface area contributed by atoms with Gasteiger partial charge in [-0.1, -0.05) is 66.6 Å². The Kier molecular flexibility index (Phi) is 7.23. The lowest BCUT2D eigenvalue weighted by Gasteiger charge is -2.23. The number of unbranched alkanes of at least 4 members (excludes halogenated alkanes) is 1. The maximum absolute atomic E-state index is 13.5. The number of carbonyl (C=O) groups is 2. The Bertz CT molecular complexity index is 1590. The van der Waals surface area contributed by atoms with Crippen LogP contribution in [-0.2, 0) is 9.59 Å². The molecule has 8 heteroatoms. The number of benzene rings is 3. The number of hydrogen-bond acceptors (Lipinski definition) is 6. The average molecular weight is 547 g/mol. The first-order valence-corrected chi connectivity index (χ1v) is 13.7. The smallest absolute Gasteiger partial charge is 0.301 e. The van der Waals surface area contributed by atoms with Crippen LogP contribution in [0.3, 0.4) is 0 Å². The van der Waals surface area contributed by atoms with Crippen molar-refractivity contribution in [3.63, 3.8) is 0 Å². The molecule has 1 amide bonds. The summed E-state index contributed by atoms with van der Waals surface area (Å²) in [6, 6.07) is 17.0. The van der Waals surface area contributed by atoms with E-state index in [0.717, 1.165) is 34.2 Å². The highest BCUT2D eigenvalue weighted by atomic mass is 35.5. The number of Topliss-reactive ketones (excluding diaryl/α,β-unsaturated/α-hetero) is 1. The molecule has 1 atom stereocenters. The molecule has 0 bridgehead atoms. The van der Waals surface area contributed by atoms with E-state index in [1.54, 1.807) is 48.5 Å². The SMILES string of the molecule is CCCCOc1cccc(C(O)=C2C(=O)C(=O)N(c3nc4c(C)cc(C)cc4s3)C2c2cccc(Cl)c2)c1. The number of rotatable bonds is 7. The fourth-order valence-electron chi connectivity index (χ4n) is 4.71. The van der Waals surface area contributed by atoms with Crippen molar-refractivity contribution in [2.45, 2.75) is 39.7 Å². The van der Waals surface area contributed by atoms with Crippen molar-refractivity contribution in [3.05, 3.63) is 93.5 Å². The number of hydrogen-bond donors (Lipinski definition) is 1. The number of fused-ring (bicyclic) bond motifs is 1. The summed E-state index contributed by atoms with van der Waals surface area (Å²) >= 11 is 7.66. The molecule has 0 spiro atoms. The van der Waals surface area contributed by atoms with Crippen molar-refractivity contribution in [2.24, 2.45) is 0 Å². The number of thiazole rings is 1. The summed E-state index contributed by atoms with van der Waals surface area (Å²) in [6.07, 6.45) is 1.89. The summed E-state index contributed by atoms with van der Waals surface area (Å²) in [4.78, 5) is 33.2. The number of ether oxygens (including phenoxy) is 1. The van der Waals surface area contributed by atoms with Gasteiger partial charge < -0.3 is 9.84 Å². The standard InChI is InChI=1S/C30H27ClN2O4S/c1-4-5-12-37-22-11-7-9-20(16-22)27(34)24-26(19-8-6-10-21(31)15-19)33(29(36)28(24)35)30-32-25-18(3)13-17(2)14-23(25)38-30/h6-11,13-16,26,34H,4-5,12H2,1-3H3. The molecule has 1 aliphatic heterocycles. The fraction of sp³-hybridized carbons (Fsp3) is 0.233. The van der Waals surface area contributed by atoms with Gasteiger partial charge in [0.15, 0.2) is 5.13 Å². The van der Waals surface area contributed by atoms with Crippen molar-refractivity contribution in [2.75, 3.05) is 11.5 Å². The first-order chi connectivity index (χ1) is 18.3. The lowest BCUT2D eigenvalue weighted by molar-refractivity contribution is -0.132. The van der Waals surface area contributed by atoms with Crippen LogP contribution in [0.1, 0.15) is 48.1 Å². The van der Waals surface area contributed by atoms with Crippen LogP contribution in [0, 0.1) is 13.8 Å². The number of aliphatic hydroxyl groups is 1. The summed E-state index contributed by atoms with van der Waals surface area (Å²) in [5, 5.41) is 12.3. The minimum Gasteiger partial charge on any atom is -0.507 e. The van der Waals surface area contributed by atoms with Gasteiger partial charge in [0.2, 0.25) is 0 Å². The lowest BCUT2D eigenvalue weighted by Crippen LogP contribution is -2.29. The van der Waals surface area contributed by atoms with Crippen molar-refractivity contribution in [3.8, 4) is 5.75 Å². The Morgan fingerprint density at radius 2 is 1.89 bits per heavy atom. The fourth-order valence-corrected chi connectivity index (χ4v) is 6.07. The predicted molar refractivity (Wildman–Crippen MR) is 152 cm³/mol. The van der Waals surface area contributed by atoms with E-state index in [0.29, 0.717) is 33.6 Å². The van der Waals surface area contributed by atoms with Crippen LogP contribution in [-0.4, -0.2) is 28.4 Å². The molecular weight excluding hydrogens is 520 g/mol. The van der Waals surface area contributed by atoms with E-state index < -0.39 is 17.7 Å². The molecule has 1 fully saturated rings. The van der Waals surface area contributed by atoms with Gasteiger partial charge in [-0.05, 0) is 67.3 Å². The maximum Gasteiger partial charge on any atom is 0.301 e. The van der Waals surface area contributed by atoms with Gasteiger partial charge >= 0.3 is 5.91 Å². The lowest BCUT2D eigenvalue weighted by atomic mass is 9.95. The molecule has 194 valence electrons. The zero-order valence-electron chi connectivity index (χ0n) is 21.3. The number of anilines is 1. The highest BCUT2D eigenvalue weighted by Crippen LogP contribution is 2.45. The number of carbonyl (C=O) groups excluding carboxylic acids is 2. The largest absolute Gasteiger partial charge is 0.507 e. The monoisotopic (exact) mass is 546 g/mol. The van der Waals surface area contributed by atoms with Crippen LogP contribution < -0.4 is 9.64 Å². The molecule has 1 aliphatic rings. The molecule has 4 aromatic rings. The zero-order chi connectivity index (χ0) is 27.0. The zero-order valence-corrected chi connectivity index (χ0v) is 22.9. The number of halogens is 1. The van der Waals surface area contributed by atoms with Gasteiger partial charge in [0.1, 0.15) is 11.5 Å². The van der Waals surface area contributed by atoms with E-state index in [1.165, 1.54) is 16.2 Å². The van der Waals surface area contributed by atoms with Gasteiger partial charge in [0.05, 0.1) is 28.4 Å². The minimum atomic E-state index is -0.902. The number of aryl methyl sites for hydroxylation is 2. The third kappa shape index (κ3) is 4.79. The molecule has 6 nitrogen and oxygen atoms in total. The molecule has 5 rings (SSSR count). The van der Waals surface area contributed by atoms with E-state index in [4.69, 9.17) is 21.3 Å². The van der Waals surface area contributed by atoms with Gasteiger partial charge in [-0.15, -0.1) is 0 Å². The van der Waals surface area contributed by atoms with Crippen molar-refractivity contribution >= 4 is 55.7 Å². The summed E-state index contributed by atoms with van der Waals surface area (Å²) in [5.41, 5.74) is 3.81. The molecule has 38 heavy (non-hydrogen) atoms. The Labute approximate surface area is 230 Å². The Balaban J connectivity index is 1.67. The number of aliphatic hydroxyl groups excluding tert-OH is 1. The number of nitrogens with zero attached hydrogens (tertiary/aromatic N) is 2. The van der Waals surface area contributed by atoms with Gasteiger partial charge in [0, 0.05) is 10.6 Å². The topological polar surface area (TPSA) is 79.7 Å². The van der Waals surface area contributed by atoms with Crippen molar-refractivity contribution in [1.29, 1.82) is 0 Å². The third-order valence-electron chi connectivity index (χ3n) is 6.51. The van der Waals surface area contributed by atoms with E-state index in [9.17, 15) is 14.7 Å². The summed E-state index contributed by atoms with van der Waals surface area (Å²) in [7, 11) is 0. The van der Waals surface area contributed by atoms with Gasteiger partial charge in [-0.3, -0.25) is 14.5 Å². The van der Waals surface area contributed by atoms with Crippen LogP contribution in [0.25, 0.3) is 16.0 Å². The number of amides is 1. The Morgan fingerprint density at radius 3 is 2.66 bits per heavy atom. The van der Waals surface area contributed by atoms with Crippen LogP contribution in [0.4, 0.5) is 5.13 Å². The molecule has 1 unspecified atom stereocenters. The molecular formula is C30H27ClN2O4S. The maximum atomic E-state index is 13.5. The van der Waals surface area contributed by atoms with Crippen LogP contribution in [0.2, 0.25) is 5.02 Å². The van der Waals surface area contributed by atoms with Gasteiger partial charge in [-0.2, -0.15) is 0 Å². The summed E-state index contributed by atoms with van der Waals surface area (Å²) in [6.45, 7) is 6.60. The average Bonchev–Trinajstić information content (AvgIpc) is 3.42. The third-order valence-corrected chi connectivity index (χ3v) is 7.74. The predicted octanol–water partition coefficient (Wildman–Crippen LogP) is 7.37. The van der Waals surface area contributed by atoms with E-state index in [2.05, 4.69) is 6.92 Å². The van der Waals surface area contributed by atoms with Crippen LogP contribution in [0.15, 0.2) is 66.2 Å². The number of aromatic nitrogens is 1. The highest BCUT2D eigenvalue weighted by molar-refractivity contribution is 7.22. The van der Waals surface area contributed by atoms with Crippen molar-refractivity contribution < 1.29 is 19.4 Å². The highest BCUT2D eigenvalue weighted by Gasteiger charge is 2.48. The van der Waals surface area contributed by atoms with Crippen LogP contribution in [0.5, 0.6) is 5.75 Å². The van der Waals surface area contributed by atoms with Crippen LogP contribution >= 0.6 is 22.9 Å². The Hall–Kier alpha value is -3.68. The van der Waals surface area contributed by atoms with Gasteiger partial charge in [-0.25, -0.2) is 4.98 Å². The summed E-state index contributed by atoms with van der Waals surface area (Å²) in [5.74, 6) is -1.23. The van der Waals surface area contributed by atoms with E-state index >= 15 is 0 Å². The molecule has 1 aromatic heterocycles. The van der Waals surface area contributed by atoms with Crippen molar-refractivity contribution in [1.82, 2.24) is 4.98 Å². The van der Waals surface area contributed by atoms with Gasteiger partial charge in [0.25, 0.3) is 5.78 Å². The second-order valence-electron chi connectivity index (χ2n) is 9.38. The quantitative estimate of drug-likeness (QED) is 0.113. The molecule has 3 aromatic carbocycles. The normalized spacial score (nSPS) is 16.9. The summed E-state index contributed by atoms with van der Waals surface area (Å²) < 4.78 is 6.72. The molecule has 0 radical (unpaired) electrons. The minimum absolute atomic E-state index is 0.0184. The molecule has 1 saturated heterocycles. The molecule has 0 aliphatic carbocycles. The molecule has 1 N–H and O–H groups in total. The van der Waals surface area contributed by atoms with E-state index in [-0.39, 0.29) is 11.3 Å². The molecule has 2 heterocycles. The van der Waals surface area contributed by atoms with E-state index in [1.807, 2.05) is 26.0 Å². The number of ketones is 1. The second-order valence-corrected chi connectivity index (χ2v) is 10.8. The Morgan fingerprint density at radius 1 is 1.11 bits per heavy atom. The first-order valence-electron chi connectivity index (χ1n) is 12.5. The first kappa shape index (κ1) is 25.9. The second kappa shape index (κ2) is 10.6. The molecule has 0 saturated carbocycles.